The minimum atomic E-state index is -1.00. The molecule has 108 valence electrons. The van der Waals surface area contributed by atoms with Gasteiger partial charge in [-0.3, -0.25) is 0 Å². The molecule has 1 aromatic carbocycles. The van der Waals surface area contributed by atoms with Crippen LogP contribution >= 0.6 is 0 Å². The van der Waals surface area contributed by atoms with Crippen LogP contribution in [0, 0.1) is 5.92 Å². The maximum absolute atomic E-state index is 11.7. The van der Waals surface area contributed by atoms with E-state index >= 15 is 0 Å². The molecular weight excluding hydrogens is 262 g/mol. The largest absolute Gasteiger partial charge is 0.479 e. The van der Waals surface area contributed by atoms with E-state index in [-0.39, 0.29) is 12.5 Å². The molecule has 6 nitrogen and oxygen atoms in total. The molecule has 2 rings (SSSR count). The van der Waals surface area contributed by atoms with Crippen molar-refractivity contribution in [3.63, 3.8) is 0 Å². The summed E-state index contributed by atoms with van der Waals surface area (Å²) in [6, 6.07) is 9.38. The molecule has 0 radical (unpaired) electrons. The summed E-state index contributed by atoms with van der Waals surface area (Å²) in [5, 5.41) is 8.93. The van der Waals surface area contributed by atoms with Crippen LogP contribution in [0.3, 0.4) is 0 Å². The van der Waals surface area contributed by atoms with Gasteiger partial charge in [0.05, 0.1) is 0 Å². The molecule has 1 heterocycles. The first-order valence-electron chi connectivity index (χ1n) is 6.33. The lowest BCUT2D eigenvalue weighted by molar-refractivity contribution is -0.156. The number of aliphatic carboxylic acids is 1. The topological polar surface area (TPSA) is 76.1 Å². The van der Waals surface area contributed by atoms with Crippen molar-refractivity contribution in [1.82, 2.24) is 4.90 Å². The second-order valence-electron chi connectivity index (χ2n) is 4.70. The third kappa shape index (κ3) is 3.27. The summed E-state index contributed by atoms with van der Waals surface area (Å²) < 4.78 is 10.0. The fourth-order valence-corrected chi connectivity index (χ4v) is 2.16. The van der Waals surface area contributed by atoms with Gasteiger partial charge in [-0.05, 0) is 5.56 Å². The van der Waals surface area contributed by atoms with Gasteiger partial charge in [0, 0.05) is 26.1 Å². The van der Waals surface area contributed by atoms with Crippen LogP contribution in [0.1, 0.15) is 5.56 Å². The van der Waals surface area contributed by atoms with Crippen LogP contribution in [0.5, 0.6) is 0 Å². The normalized spacial score (nSPS) is 16.4. The smallest absolute Gasteiger partial charge is 0.410 e. The zero-order valence-corrected chi connectivity index (χ0v) is 11.2. The van der Waals surface area contributed by atoms with Gasteiger partial charge in [0.15, 0.2) is 6.10 Å². The number of benzene rings is 1. The van der Waals surface area contributed by atoms with E-state index in [1.807, 2.05) is 30.3 Å². The van der Waals surface area contributed by atoms with E-state index in [0.29, 0.717) is 13.1 Å². The molecule has 0 saturated carbocycles. The minimum Gasteiger partial charge on any atom is -0.479 e. The summed E-state index contributed by atoms with van der Waals surface area (Å²) in [6.07, 6.45) is -1.29. The summed E-state index contributed by atoms with van der Waals surface area (Å²) in [5.41, 5.74) is 0.915. The van der Waals surface area contributed by atoms with Crippen molar-refractivity contribution < 1.29 is 24.2 Å². The number of hydrogen-bond donors (Lipinski definition) is 1. The molecule has 1 aliphatic heterocycles. The van der Waals surface area contributed by atoms with Crippen molar-refractivity contribution in [3.8, 4) is 0 Å². The minimum absolute atomic E-state index is 0.179. The van der Waals surface area contributed by atoms with Crippen molar-refractivity contribution in [2.75, 3.05) is 20.2 Å². The Hall–Kier alpha value is -2.08. The van der Waals surface area contributed by atoms with E-state index < -0.39 is 18.2 Å². The average molecular weight is 279 g/mol. The summed E-state index contributed by atoms with van der Waals surface area (Å²) in [5.74, 6) is -1.18. The predicted octanol–water partition coefficient (Wildman–Crippen LogP) is 1.35. The Kier molecular flexibility index (Phi) is 4.57. The maximum atomic E-state index is 11.7. The van der Waals surface area contributed by atoms with Gasteiger partial charge in [0.25, 0.3) is 0 Å². The zero-order valence-electron chi connectivity index (χ0n) is 11.2. The predicted molar refractivity (Wildman–Crippen MR) is 70.1 cm³/mol. The van der Waals surface area contributed by atoms with Crippen LogP contribution in [0.25, 0.3) is 0 Å². The number of likely N-dealkylation sites (tertiary alicyclic amines) is 1. The lowest BCUT2D eigenvalue weighted by Crippen LogP contribution is -2.56. The first-order valence-corrected chi connectivity index (χ1v) is 6.33. The molecule has 0 bridgehead atoms. The van der Waals surface area contributed by atoms with Crippen molar-refractivity contribution >= 4 is 12.1 Å². The van der Waals surface area contributed by atoms with Gasteiger partial charge in [-0.2, -0.15) is 0 Å². The highest BCUT2D eigenvalue weighted by molar-refractivity contribution is 5.74. The van der Waals surface area contributed by atoms with E-state index in [9.17, 15) is 9.59 Å². The molecule has 1 saturated heterocycles. The van der Waals surface area contributed by atoms with Crippen molar-refractivity contribution in [2.45, 2.75) is 12.7 Å². The van der Waals surface area contributed by atoms with Crippen LogP contribution < -0.4 is 0 Å². The molecule has 1 atom stereocenters. The SMILES string of the molecule is COC(C(=O)O)C1CN(C(=O)OCc2ccccc2)C1. The Balaban J connectivity index is 1.75. The Morgan fingerprint density at radius 1 is 1.35 bits per heavy atom. The van der Waals surface area contributed by atoms with Crippen LogP contribution in [-0.4, -0.2) is 48.4 Å². The first kappa shape index (κ1) is 14.3. The molecule has 1 fully saturated rings. The number of nitrogens with zero attached hydrogens (tertiary/aromatic N) is 1. The first-order chi connectivity index (χ1) is 9.61. The average Bonchev–Trinajstić information content (AvgIpc) is 2.40. The number of carboxylic acid groups (broad SMARTS) is 1. The molecule has 1 amide bonds. The molecular formula is C14H17NO5. The van der Waals surface area contributed by atoms with E-state index in [2.05, 4.69) is 0 Å². The Morgan fingerprint density at radius 3 is 2.55 bits per heavy atom. The molecule has 0 spiro atoms. The lowest BCUT2D eigenvalue weighted by Gasteiger charge is -2.40. The number of carbonyl (C=O) groups is 2. The third-order valence-electron chi connectivity index (χ3n) is 3.30. The molecule has 1 unspecified atom stereocenters. The van der Waals surface area contributed by atoms with E-state index in [1.165, 1.54) is 12.0 Å². The summed E-state index contributed by atoms with van der Waals surface area (Å²) in [4.78, 5) is 24.1. The van der Waals surface area contributed by atoms with Crippen molar-refractivity contribution in [3.05, 3.63) is 35.9 Å². The molecule has 20 heavy (non-hydrogen) atoms. The lowest BCUT2D eigenvalue weighted by atomic mass is 9.94. The highest BCUT2D eigenvalue weighted by atomic mass is 16.6. The molecule has 6 heteroatoms. The molecule has 1 aliphatic rings. The molecule has 0 aromatic heterocycles. The number of methoxy groups -OCH3 is 1. The number of hydrogen-bond acceptors (Lipinski definition) is 4. The maximum Gasteiger partial charge on any atom is 0.410 e. The van der Waals surface area contributed by atoms with Gasteiger partial charge >= 0.3 is 12.1 Å². The fourth-order valence-electron chi connectivity index (χ4n) is 2.16. The zero-order chi connectivity index (χ0) is 14.5. The number of amides is 1. The van der Waals surface area contributed by atoms with Crippen LogP contribution in [0.15, 0.2) is 30.3 Å². The number of rotatable bonds is 5. The highest BCUT2D eigenvalue weighted by Crippen LogP contribution is 2.22. The van der Waals surface area contributed by atoms with E-state index in [0.717, 1.165) is 5.56 Å². The highest BCUT2D eigenvalue weighted by Gasteiger charge is 2.40. The van der Waals surface area contributed by atoms with E-state index in [1.54, 1.807) is 0 Å². The standard InChI is InChI=1S/C14H17NO5/c1-19-12(13(16)17)11-7-15(8-11)14(18)20-9-10-5-3-2-4-6-10/h2-6,11-12H,7-9H2,1H3,(H,16,17). The van der Waals surface area contributed by atoms with Crippen molar-refractivity contribution in [2.24, 2.45) is 5.92 Å². The fraction of sp³-hybridized carbons (Fsp3) is 0.429. The number of ether oxygens (including phenoxy) is 2. The van der Waals surface area contributed by atoms with Gasteiger partial charge in [0.2, 0.25) is 0 Å². The van der Waals surface area contributed by atoms with Crippen LogP contribution in [0.4, 0.5) is 4.79 Å². The Morgan fingerprint density at radius 2 is 2.00 bits per heavy atom. The quantitative estimate of drug-likeness (QED) is 0.880. The number of carbonyl (C=O) groups excluding carboxylic acids is 1. The van der Waals surface area contributed by atoms with Crippen molar-refractivity contribution in [1.29, 1.82) is 0 Å². The van der Waals surface area contributed by atoms with Gasteiger partial charge < -0.3 is 19.5 Å². The van der Waals surface area contributed by atoms with Crippen LogP contribution in [0.2, 0.25) is 0 Å². The third-order valence-corrected chi connectivity index (χ3v) is 3.30. The van der Waals surface area contributed by atoms with Gasteiger partial charge in [-0.15, -0.1) is 0 Å². The second-order valence-corrected chi connectivity index (χ2v) is 4.70. The monoisotopic (exact) mass is 279 g/mol. The second kappa shape index (κ2) is 6.38. The molecule has 0 aliphatic carbocycles. The summed E-state index contributed by atoms with van der Waals surface area (Å²) in [7, 11) is 1.36. The molecule has 1 N–H and O–H groups in total. The van der Waals surface area contributed by atoms with Gasteiger partial charge in [-0.25, -0.2) is 9.59 Å². The summed E-state index contributed by atoms with van der Waals surface area (Å²) >= 11 is 0. The van der Waals surface area contributed by atoms with E-state index in [4.69, 9.17) is 14.6 Å². The Labute approximate surface area is 116 Å². The Bertz CT molecular complexity index is 470. The summed E-state index contributed by atoms with van der Waals surface area (Å²) in [6.45, 7) is 0.907. The van der Waals surface area contributed by atoms with Crippen LogP contribution in [-0.2, 0) is 20.9 Å². The number of carboxylic acids is 1. The molecule has 1 aromatic rings. The van der Waals surface area contributed by atoms with Gasteiger partial charge in [0.1, 0.15) is 6.61 Å². The van der Waals surface area contributed by atoms with Gasteiger partial charge in [-0.1, -0.05) is 30.3 Å².